The smallest absolute Gasteiger partial charge is 0.221 e. The molecule has 0 aliphatic rings. The molecule has 0 radical (unpaired) electrons. The number of rotatable bonds is 5. The number of anilines is 2. The van der Waals surface area contributed by atoms with Crippen molar-refractivity contribution < 1.29 is 9.53 Å². The zero-order valence-electron chi connectivity index (χ0n) is 15.1. The summed E-state index contributed by atoms with van der Waals surface area (Å²) in [5, 5.41) is 11.2. The number of ether oxygens (including phenoxy) is 1. The van der Waals surface area contributed by atoms with Gasteiger partial charge >= 0.3 is 0 Å². The van der Waals surface area contributed by atoms with Crippen LogP contribution in [0.25, 0.3) is 11.3 Å². The molecule has 0 atom stereocenters. The summed E-state index contributed by atoms with van der Waals surface area (Å²) in [5.74, 6) is 0.869. The van der Waals surface area contributed by atoms with Gasteiger partial charge in [0, 0.05) is 29.3 Å². The summed E-state index contributed by atoms with van der Waals surface area (Å²) in [6, 6.07) is 18.2. The van der Waals surface area contributed by atoms with E-state index in [0.29, 0.717) is 22.7 Å². The largest absolute Gasteiger partial charge is 0.497 e. The van der Waals surface area contributed by atoms with Crippen LogP contribution in [0.15, 0.2) is 60.7 Å². The fraction of sp³-hybridized carbons (Fsp3) is 0.0952. The van der Waals surface area contributed by atoms with Crippen molar-refractivity contribution in [2.75, 3.05) is 18.2 Å². The molecule has 27 heavy (non-hydrogen) atoms. The minimum atomic E-state index is -0.136. The van der Waals surface area contributed by atoms with Gasteiger partial charge in [0.05, 0.1) is 18.5 Å². The summed E-state index contributed by atoms with van der Waals surface area (Å²) in [6.45, 7) is 1.46. The number of nitrogens with two attached hydrogens (primary N) is 1. The molecule has 0 aliphatic carbocycles. The number of carbonyl (C=O) groups is 1. The number of methoxy groups -OCH3 is 1. The van der Waals surface area contributed by atoms with Gasteiger partial charge in [0.15, 0.2) is 0 Å². The van der Waals surface area contributed by atoms with Crippen molar-refractivity contribution in [2.45, 2.75) is 6.92 Å². The second kappa shape index (κ2) is 7.70. The summed E-state index contributed by atoms with van der Waals surface area (Å²) in [4.78, 5) is 15.7. The van der Waals surface area contributed by atoms with Crippen LogP contribution in [0.1, 0.15) is 18.1 Å². The zero-order valence-corrected chi connectivity index (χ0v) is 15.1. The number of amides is 1. The van der Waals surface area contributed by atoms with E-state index in [-0.39, 0.29) is 11.7 Å². The summed E-state index contributed by atoms with van der Waals surface area (Å²) >= 11 is 0. The predicted molar refractivity (Wildman–Crippen MR) is 107 cm³/mol. The van der Waals surface area contributed by atoms with Gasteiger partial charge in [-0.05, 0) is 48.5 Å². The van der Waals surface area contributed by atoms with Crippen molar-refractivity contribution in [1.29, 1.82) is 5.41 Å². The minimum absolute atomic E-state index is 0.136. The first-order chi connectivity index (χ1) is 13.0. The Kier molecular flexibility index (Phi) is 5.17. The lowest BCUT2D eigenvalue weighted by Gasteiger charge is -2.11. The number of nitrogens with zero attached hydrogens (tertiary/aromatic N) is 1. The lowest BCUT2D eigenvalue weighted by molar-refractivity contribution is -0.114. The third kappa shape index (κ3) is 4.12. The maximum absolute atomic E-state index is 11.2. The van der Waals surface area contributed by atoms with Crippen LogP contribution in [0, 0.1) is 5.41 Å². The van der Waals surface area contributed by atoms with Crippen molar-refractivity contribution in [1.82, 2.24) is 4.98 Å². The van der Waals surface area contributed by atoms with Crippen LogP contribution in [-0.4, -0.2) is 23.7 Å². The third-order valence-electron chi connectivity index (χ3n) is 4.05. The van der Waals surface area contributed by atoms with Gasteiger partial charge in [-0.15, -0.1) is 0 Å². The molecule has 2 aromatic carbocycles. The number of pyridine rings is 1. The highest BCUT2D eigenvalue weighted by atomic mass is 16.5. The molecule has 4 N–H and O–H groups in total. The molecule has 0 aliphatic heterocycles. The topological polar surface area (TPSA) is 101 Å². The first-order valence-electron chi connectivity index (χ1n) is 8.36. The highest BCUT2D eigenvalue weighted by Gasteiger charge is 2.12. The molecule has 1 amide bonds. The number of hydrogen-bond donors (Lipinski definition) is 3. The van der Waals surface area contributed by atoms with Gasteiger partial charge in [-0.3, -0.25) is 10.2 Å². The van der Waals surface area contributed by atoms with E-state index in [9.17, 15) is 4.79 Å². The first-order valence-corrected chi connectivity index (χ1v) is 8.36. The van der Waals surface area contributed by atoms with E-state index in [1.807, 2.05) is 42.5 Å². The molecule has 0 saturated heterocycles. The van der Waals surface area contributed by atoms with Crippen LogP contribution in [0.4, 0.5) is 11.5 Å². The van der Waals surface area contributed by atoms with Crippen LogP contribution in [0.5, 0.6) is 5.75 Å². The predicted octanol–water partition coefficient (Wildman–Crippen LogP) is 3.71. The highest BCUT2D eigenvalue weighted by molar-refractivity contribution is 6.13. The summed E-state index contributed by atoms with van der Waals surface area (Å²) in [6.07, 6.45) is 0. The van der Waals surface area contributed by atoms with Crippen LogP contribution < -0.4 is 15.8 Å². The van der Waals surface area contributed by atoms with E-state index >= 15 is 0 Å². The fourth-order valence-electron chi connectivity index (χ4n) is 2.72. The lowest BCUT2D eigenvalue weighted by Crippen LogP contribution is -2.08. The number of aromatic nitrogens is 1. The zero-order chi connectivity index (χ0) is 19.4. The van der Waals surface area contributed by atoms with Gasteiger partial charge in [0.25, 0.3) is 0 Å². The highest BCUT2D eigenvalue weighted by Crippen LogP contribution is 2.25. The van der Waals surface area contributed by atoms with Gasteiger partial charge in [-0.1, -0.05) is 12.1 Å². The van der Waals surface area contributed by atoms with Gasteiger partial charge < -0.3 is 15.8 Å². The summed E-state index contributed by atoms with van der Waals surface area (Å²) in [7, 11) is 1.60. The van der Waals surface area contributed by atoms with Crippen LogP contribution in [0.3, 0.4) is 0 Å². The van der Waals surface area contributed by atoms with Crippen LogP contribution in [-0.2, 0) is 4.79 Å². The van der Waals surface area contributed by atoms with Crippen LogP contribution >= 0.6 is 0 Å². The van der Waals surface area contributed by atoms with Gasteiger partial charge in [-0.25, -0.2) is 4.98 Å². The average Bonchev–Trinajstić information content (AvgIpc) is 2.67. The number of nitrogens with one attached hydrogen (secondary N) is 2. The van der Waals surface area contributed by atoms with Crippen molar-refractivity contribution >= 4 is 23.1 Å². The summed E-state index contributed by atoms with van der Waals surface area (Å²) < 4.78 is 5.14. The van der Waals surface area contributed by atoms with E-state index in [0.717, 1.165) is 16.9 Å². The molecule has 6 nitrogen and oxygen atoms in total. The molecule has 0 unspecified atom stereocenters. The monoisotopic (exact) mass is 360 g/mol. The van der Waals surface area contributed by atoms with Crippen molar-refractivity contribution in [3.63, 3.8) is 0 Å². The summed E-state index contributed by atoms with van der Waals surface area (Å²) in [5.41, 5.74) is 9.89. The van der Waals surface area contributed by atoms with Crippen molar-refractivity contribution in [2.24, 2.45) is 0 Å². The van der Waals surface area contributed by atoms with E-state index in [4.69, 9.17) is 15.9 Å². The molecule has 3 rings (SSSR count). The molecule has 1 heterocycles. The van der Waals surface area contributed by atoms with Crippen molar-refractivity contribution in [3.8, 4) is 17.0 Å². The molecule has 1 aromatic heterocycles. The molecular formula is C21H20N4O2. The number of nitrogen functional groups attached to an aromatic ring is 1. The quantitative estimate of drug-likeness (QED) is 0.604. The Hall–Kier alpha value is -3.67. The molecule has 0 saturated carbocycles. The van der Waals surface area contributed by atoms with Gasteiger partial charge in [-0.2, -0.15) is 0 Å². The Balaban J connectivity index is 1.89. The van der Waals surface area contributed by atoms with Crippen LogP contribution in [0.2, 0.25) is 0 Å². The SMILES string of the molecule is COc1ccc(C(=N)c2ccc(-c3cccc(NC(C)=O)c3)nc2N)cc1. The van der Waals surface area contributed by atoms with Crippen molar-refractivity contribution in [3.05, 3.63) is 71.8 Å². The first kappa shape index (κ1) is 18.1. The van der Waals surface area contributed by atoms with E-state index in [1.54, 1.807) is 25.3 Å². The maximum Gasteiger partial charge on any atom is 0.221 e. The number of hydrogen-bond acceptors (Lipinski definition) is 5. The molecule has 136 valence electrons. The average molecular weight is 360 g/mol. The molecular weight excluding hydrogens is 340 g/mol. The lowest BCUT2D eigenvalue weighted by atomic mass is 10.0. The van der Waals surface area contributed by atoms with Gasteiger partial charge in [0.2, 0.25) is 5.91 Å². The minimum Gasteiger partial charge on any atom is -0.497 e. The molecule has 0 fully saturated rings. The second-order valence-corrected chi connectivity index (χ2v) is 5.99. The Morgan fingerprint density at radius 1 is 1.11 bits per heavy atom. The number of benzene rings is 2. The molecule has 0 spiro atoms. The number of carbonyl (C=O) groups excluding carboxylic acids is 1. The Bertz CT molecular complexity index is 997. The standard InChI is InChI=1S/C21H20N4O2/c1-13(26)24-16-5-3-4-15(12-16)19-11-10-18(21(23)25-19)20(22)14-6-8-17(27-2)9-7-14/h3-12,22H,1-2H3,(H2,23,25)(H,24,26). The van der Waals surface area contributed by atoms with E-state index in [2.05, 4.69) is 10.3 Å². The van der Waals surface area contributed by atoms with E-state index in [1.165, 1.54) is 6.92 Å². The Morgan fingerprint density at radius 2 is 1.85 bits per heavy atom. The molecule has 6 heteroatoms. The molecule has 3 aromatic rings. The maximum atomic E-state index is 11.2. The fourth-order valence-corrected chi connectivity index (χ4v) is 2.72. The Morgan fingerprint density at radius 3 is 2.48 bits per heavy atom. The molecule has 0 bridgehead atoms. The van der Waals surface area contributed by atoms with E-state index < -0.39 is 0 Å². The normalized spacial score (nSPS) is 10.3. The second-order valence-electron chi connectivity index (χ2n) is 5.99. The Labute approximate surface area is 157 Å². The third-order valence-corrected chi connectivity index (χ3v) is 4.05. The van der Waals surface area contributed by atoms with Gasteiger partial charge in [0.1, 0.15) is 11.6 Å².